The molecule has 0 aliphatic carbocycles. The zero-order valence-electron chi connectivity index (χ0n) is 11.1. The van der Waals surface area contributed by atoms with E-state index in [9.17, 15) is 14.0 Å². The lowest BCUT2D eigenvalue weighted by Gasteiger charge is -2.33. The molecule has 1 saturated heterocycles. The maximum Gasteiger partial charge on any atom is 0.331 e. The van der Waals surface area contributed by atoms with Gasteiger partial charge in [-0.2, -0.15) is 0 Å². The van der Waals surface area contributed by atoms with Crippen LogP contribution in [0.25, 0.3) is 0 Å². The van der Waals surface area contributed by atoms with Crippen molar-refractivity contribution >= 4 is 35.1 Å². The minimum atomic E-state index is -0.883. The van der Waals surface area contributed by atoms with Crippen molar-refractivity contribution in [2.75, 3.05) is 26.9 Å². The van der Waals surface area contributed by atoms with Crippen LogP contribution in [0.5, 0.6) is 0 Å². The maximum atomic E-state index is 13.5. The van der Waals surface area contributed by atoms with Crippen molar-refractivity contribution in [2.45, 2.75) is 6.04 Å². The van der Waals surface area contributed by atoms with Crippen LogP contribution < -0.4 is 0 Å². The van der Waals surface area contributed by atoms with Gasteiger partial charge in [-0.1, -0.05) is 23.2 Å². The SMILES string of the molecule is COC(=O)C1COCCN1C(=O)c1cc(F)c(Cl)cc1Cl. The number of nitrogens with zero attached hydrogens (tertiary/aromatic N) is 1. The van der Waals surface area contributed by atoms with Gasteiger partial charge >= 0.3 is 5.97 Å². The number of methoxy groups -OCH3 is 1. The fourth-order valence-electron chi connectivity index (χ4n) is 2.02. The number of ether oxygens (including phenoxy) is 2. The Hall–Kier alpha value is -1.37. The molecule has 1 aliphatic rings. The van der Waals surface area contributed by atoms with E-state index in [1.807, 2.05) is 0 Å². The Morgan fingerprint density at radius 1 is 1.38 bits per heavy atom. The van der Waals surface area contributed by atoms with Crippen molar-refractivity contribution in [1.82, 2.24) is 4.90 Å². The lowest BCUT2D eigenvalue weighted by atomic mass is 10.1. The summed E-state index contributed by atoms with van der Waals surface area (Å²) >= 11 is 11.5. The topological polar surface area (TPSA) is 55.8 Å². The van der Waals surface area contributed by atoms with Gasteiger partial charge in [0.2, 0.25) is 0 Å². The summed E-state index contributed by atoms with van der Waals surface area (Å²) in [5.41, 5.74) is -0.0608. The van der Waals surface area contributed by atoms with E-state index in [0.29, 0.717) is 0 Å². The molecule has 1 aromatic rings. The van der Waals surface area contributed by atoms with Crippen LogP contribution in [0, 0.1) is 5.82 Å². The van der Waals surface area contributed by atoms with Gasteiger partial charge in [-0.3, -0.25) is 4.79 Å². The number of rotatable bonds is 2. The largest absolute Gasteiger partial charge is 0.467 e. The van der Waals surface area contributed by atoms with Gasteiger partial charge in [-0.25, -0.2) is 9.18 Å². The van der Waals surface area contributed by atoms with Crippen LogP contribution in [0.3, 0.4) is 0 Å². The van der Waals surface area contributed by atoms with Crippen LogP contribution >= 0.6 is 23.2 Å². The number of hydrogen-bond acceptors (Lipinski definition) is 4. The molecule has 1 atom stereocenters. The molecule has 21 heavy (non-hydrogen) atoms. The van der Waals surface area contributed by atoms with E-state index < -0.39 is 23.7 Å². The van der Waals surface area contributed by atoms with Crippen molar-refractivity contribution in [3.05, 3.63) is 33.6 Å². The van der Waals surface area contributed by atoms with Gasteiger partial charge in [-0.15, -0.1) is 0 Å². The number of carbonyl (C=O) groups is 2. The average molecular weight is 336 g/mol. The first-order valence-corrected chi connectivity index (χ1v) is 6.82. The Morgan fingerprint density at radius 3 is 2.76 bits per heavy atom. The predicted octanol–water partition coefficient (Wildman–Crippen LogP) is 2.15. The van der Waals surface area contributed by atoms with Crippen LogP contribution in [-0.4, -0.2) is 49.7 Å². The quantitative estimate of drug-likeness (QED) is 0.613. The Morgan fingerprint density at radius 2 is 2.10 bits per heavy atom. The molecule has 0 bridgehead atoms. The third-order valence-electron chi connectivity index (χ3n) is 3.10. The molecular weight excluding hydrogens is 324 g/mol. The molecule has 5 nitrogen and oxygen atoms in total. The molecule has 1 amide bonds. The van der Waals surface area contributed by atoms with Crippen molar-refractivity contribution in [3.8, 4) is 0 Å². The number of hydrogen-bond donors (Lipinski definition) is 0. The summed E-state index contributed by atoms with van der Waals surface area (Å²) < 4.78 is 23.3. The molecule has 1 fully saturated rings. The lowest BCUT2D eigenvalue weighted by molar-refractivity contribution is -0.151. The molecule has 8 heteroatoms. The summed E-state index contributed by atoms with van der Waals surface area (Å²) in [5.74, 6) is -1.94. The van der Waals surface area contributed by atoms with Crippen molar-refractivity contribution in [3.63, 3.8) is 0 Å². The zero-order chi connectivity index (χ0) is 15.6. The van der Waals surface area contributed by atoms with Crippen LogP contribution in [-0.2, 0) is 14.3 Å². The van der Waals surface area contributed by atoms with Gasteiger partial charge in [0.1, 0.15) is 5.82 Å². The summed E-state index contributed by atoms with van der Waals surface area (Å²) in [6.45, 7) is 0.470. The smallest absolute Gasteiger partial charge is 0.331 e. The Bertz CT molecular complexity index is 582. The molecule has 1 aromatic carbocycles. The fourth-order valence-corrected chi connectivity index (χ4v) is 2.48. The molecular formula is C13H12Cl2FNO4. The molecule has 0 saturated carbocycles. The number of benzene rings is 1. The monoisotopic (exact) mass is 335 g/mol. The number of halogens is 3. The van der Waals surface area contributed by atoms with Crippen LogP contribution in [0.2, 0.25) is 10.0 Å². The number of esters is 1. The predicted molar refractivity (Wildman–Crippen MR) is 74.1 cm³/mol. The van der Waals surface area contributed by atoms with Gasteiger partial charge in [0.25, 0.3) is 5.91 Å². The van der Waals surface area contributed by atoms with Crippen molar-refractivity contribution < 1.29 is 23.5 Å². The van der Waals surface area contributed by atoms with Crippen LogP contribution in [0.15, 0.2) is 12.1 Å². The lowest BCUT2D eigenvalue weighted by Crippen LogP contribution is -2.53. The molecule has 2 rings (SSSR count). The minimum absolute atomic E-state index is 0.0153. The van der Waals surface area contributed by atoms with Gasteiger partial charge in [0.05, 0.1) is 35.9 Å². The van der Waals surface area contributed by atoms with E-state index >= 15 is 0 Å². The van der Waals surface area contributed by atoms with E-state index in [0.717, 1.165) is 12.1 Å². The molecule has 114 valence electrons. The number of morpholine rings is 1. The Labute approximate surface area is 130 Å². The van der Waals surface area contributed by atoms with Crippen molar-refractivity contribution in [2.24, 2.45) is 0 Å². The third kappa shape index (κ3) is 3.28. The fraction of sp³-hybridized carbons (Fsp3) is 0.385. The number of amides is 1. The first kappa shape index (κ1) is 16.0. The standard InChI is InChI=1S/C13H12Cl2FNO4/c1-20-13(19)11-6-21-3-2-17(11)12(18)7-4-10(16)9(15)5-8(7)14/h4-5,11H,2-3,6H2,1H3. The molecule has 1 aliphatic heterocycles. The normalized spacial score (nSPS) is 18.5. The molecule has 0 N–H and O–H groups in total. The highest BCUT2D eigenvalue weighted by atomic mass is 35.5. The van der Waals surface area contributed by atoms with Crippen molar-refractivity contribution in [1.29, 1.82) is 0 Å². The maximum absolute atomic E-state index is 13.5. The first-order chi connectivity index (χ1) is 9.95. The van der Waals surface area contributed by atoms with E-state index in [1.165, 1.54) is 12.0 Å². The zero-order valence-corrected chi connectivity index (χ0v) is 12.6. The molecule has 0 aromatic heterocycles. The average Bonchev–Trinajstić information content (AvgIpc) is 2.49. The second-order valence-corrected chi connectivity index (χ2v) is 5.17. The first-order valence-electron chi connectivity index (χ1n) is 6.06. The van der Waals surface area contributed by atoms with Gasteiger partial charge in [0.15, 0.2) is 6.04 Å². The molecule has 0 radical (unpaired) electrons. The van der Waals surface area contributed by atoms with Gasteiger partial charge in [0, 0.05) is 6.54 Å². The molecule has 1 unspecified atom stereocenters. The highest BCUT2D eigenvalue weighted by molar-refractivity contribution is 6.36. The van der Waals surface area contributed by atoms with E-state index in [4.69, 9.17) is 27.9 Å². The second kappa shape index (κ2) is 6.60. The van der Waals surface area contributed by atoms with Gasteiger partial charge in [-0.05, 0) is 12.1 Å². The highest BCUT2D eigenvalue weighted by Crippen LogP contribution is 2.26. The molecule has 0 spiro atoms. The number of carbonyl (C=O) groups excluding carboxylic acids is 2. The van der Waals surface area contributed by atoms with Crippen LogP contribution in [0.1, 0.15) is 10.4 Å². The Kier molecular flexibility index (Phi) is 5.03. The van der Waals surface area contributed by atoms with E-state index in [1.54, 1.807) is 0 Å². The second-order valence-electron chi connectivity index (χ2n) is 4.36. The third-order valence-corrected chi connectivity index (χ3v) is 3.71. The van der Waals surface area contributed by atoms with Gasteiger partial charge < -0.3 is 14.4 Å². The summed E-state index contributed by atoms with van der Waals surface area (Å²) in [6, 6.07) is 1.22. The Balaban J connectivity index is 2.33. The minimum Gasteiger partial charge on any atom is -0.467 e. The highest BCUT2D eigenvalue weighted by Gasteiger charge is 2.35. The summed E-state index contributed by atoms with van der Waals surface area (Å²) in [6.07, 6.45) is 0. The van der Waals surface area contributed by atoms with E-state index in [2.05, 4.69) is 4.74 Å². The molecule has 1 heterocycles. The summed E-state index contributed by atoms with van der Waals surface area (Å²) in [4.78, 5) is 25.4. The van der Waals surface area contributed by atoms with Crippen LogP contribution in [0.4, 0.5) is 4.39 Å². The summed E-state index contributed by atoms with van der Waals surface area (Å²) in [7, 11) is 1.22. The summed E-state index contributed by atoms with van der Waals surface area (Å²) in [5, 5.41) is -0.162. The van der Waals surface area contributed by atoms with E-state index in [-0.39, 0.29) is 35.4 Å².